The standard InChI is InChI=1S/C16H21N3O2/c1-16(2,3)21-15(20)17-9-12-5-7-13(8-6-12)14-10-18-19(4)11-14/h5-8,10-11H,9H2,1-4H3,(H,17,20). The summed E-state index contributed by atoms with van der Waals surface area (Å²) in [5.74, 6) is 0. The molecular formula is C16H21N3O2. The molecule has 0 fully saturated rings. The van der Waals surface area contributed by atoms with Gasteiger partial charge in [0.05, 0.1) is 6.20 Å². The van der Waals surface area contributed by atoms with E-state index in [0.29, 0.717) is 6.54 Å². The normalized spacial score (nSPS) is 11.2. The Labute approximate surface area is 124 Å². The molecule has 1 aromatic carbocycles. The Morgan fingerprint density at radius 1 is 1.24 bits per heavy atom. The first-order valence-corrected chi connectivity index (χ1v) is 6.88. The lowest BCUT2D eigenvalue weighted by molar-refractivity contribution is 0.0523. The maximum atomic E-state index is 11.6. The van der Waals surface area contributed by atoms with Crippen LogP contribution in [-0.4, -0.2) is 21.5 Å². The number of carbonyl (C=O) groups excluding carboxylic acids is 1. The Balaban J connectivity index is 1.92. The lowest BCUT2D eigenvalue weighted by Gasteiger charge is -2.19. The Morgan fingerprint density at radius 3 is 2.43 bits per heavy atom. The van der Waals surface area contributed by atoms with Gasteiger partial charge in [-0.3, -0.25) is 4.68 Å². The van der Waals surface area contributed by atoms with Crippen LogP contribution in [0, 0.1) is 0 Å². The van der Waals surface area contributed by atoms with E-state index in [0.717, 1.165) is 16.7 Å². The lowest BCUT2D eigenvalue weighted by atomic mass is 10.1. The topological polar surface area (TPSA) is 56.2 Å². The van der Waals surface area contributed by atoms with Gasteiger partial charge in [-0.25, -0.2) is 4.79 Å². The van der Waals surface area contributed by atoms with Crippen LogP contribution in [0.1, 0.15) is 26.3 Å². The quantitative estimate of drug-likeness (QED) is 0.943. The molecule has 5 heteroatoms. The summed E-state index contributed by atoms with van der Waals surface area (Å²) in [4.78, 5) is 11.6. The van der Waals surface area contributed by atoms with Crippen LogP contribution < -0.4 is 5.32 Å². The van der Waals surface area contributed by atoms with E-state index in [1.807, 2.05) is 64.5 Å². The van der Waals surface area contributed by atoms with Gasteiger partial charge < -0.3 is 10.1 Å². The van der Waals surface area contributed by atoms with Crippen molar-refractivity contribution in [3.63, 3.8) is 0 Å². The number of alkyl carbamates (subject to hydrolysis) is 1. The third-order valence-electron chi connectivity index (χ3n) is 2.83. The van der Waals surface area contributed by atoms with Gasteiger partial charge in [0.2, 0.25) is 0 Å². The molecular weight excluding hydrogens is 266 g/mol. The summed E-state index contributed by atoms with van der Waals surface area (Å²) in [7, 11) is 1.89. The summed E-state index contributed by atoms with van der Waals surface area (Å²) in [6.45, 7) is 5.97. The molecule has 0 spiro atoms. The number of aryl methyl sites for hydroxylation is 1. The van der Waals surface area contributed by atoms with Crippen LogP contribution in [0.25, 0.3) is 11.1 Å². The van der Waals surface area contributed by atoms with E-state index in [1.165, 1.54) is 0 Å². The smallest absolute Gasteiger partial charge is 0.407 e. The Morgan fingerprint density at radius 2 is 1.90 bits per heavy atom. The van der Waals surface area contributed by atoms with Crippen molar-refractivity contribution < 1.29 is 9.53 Å². The third kappa shape index (κ3) is 4.63. The van der Waals surface area contributed by atoms with E-state index in [2.05, 4.69) is 10.4 Å². The van der Waals surface area contributed by atoms with E-state index in [-0.39, 0.29) is 0 Å². The summed E-state index contributed by atoms with van der Waals surface area (Å²) in [5, 5.41) is 6.89. The highest BCUT2D eigenvalue weighted by Crippen LogP contribution is 2.18. The number of amides is 1. The van der Waals surface area contributed by atoms with Crippen LogP contribution in [0.15, 0.2) is 36.7 Å². The summed E-state index contributed by atoms with van der Waals surface area (Å²) >= 11 is 0. The van der Waals surface area contributed by atoms with Gasteiger partial charge in [0.25, 0.3) is 0 Å². The van der Waals surface area contributed by atoms with Gasteiger partial charge in [-0.15, -0.1) is 0 Å². The number of rotatable bonds is 3. The molecule has 0 saturated heterocycles. The lowest BCUT2D eigenvalue weighted by Crippen LogP contribution is -2.32. The molecule has 0 aliphatic rings. The Hall–Kier alpha value is -2.30. The molecule has 21 heavy (non-hydrogen) atoms. The fourth-order valence-corrected chi connectivity index (χ4v) is 1.87. The van der Waals surface area contributed by atoms with Crippen molar-refractivity contribution in [2.24, 2.45) is 7.05 Å². The third-order valence-corrected chi connectivity index (χ3v) is 2.83. The second-order valence-electron chi connectivity index (χ2n) is 5.96. The SMILES string of the molecule is Cn1cc(-c2ccc(CNC(=O)OC(C)(C)C)cc2)cn1. The zero-order chi connectivity index (χ0) is 15.5. The molecule has 0 bridgehead atoms. The molecule has 112 valence electrons. The van der Waals surface area contributed by atoms with E-state index >= 15 is 0 Å². The second-order valence-corrected chi connectivity index (χ2v) is 5.96. The zero-order valence-electron chi connectivity index (χ0n) is 12.9. The van der Waals surface area contributed by atoms with Crippen LogP contribution in [0.3, 0.4) is 0 Å². The fraction of sp³-hybridized carbons (Fsp3) is 0.375. The highest BCUT2D eigenvalue weighted by Gasteiger charge is 2.15. The first kappa shape index (κ1) is 15.1. The van der Waals surface area contributed by atoms with Gasteiger partial charge in [0.15, 0.2) is 0 Å². The molecule has 5 nitrogen and oxygen atoms in total. The molecule has 0 unspecified atom stereocenters. The molecule has 0 aliphatic carbocycles. The van der Waals surface area contributed by atoms with Crippen molar-refractivity contribution in [2.45, 2.75) is 32.9 Å². The van der Waals surface area contributed by atoms with Gasteiger partial charge in [-0.1, -0.05) is 24.3 Å². The monoisotopic (exact) mass is 287 g/mol. The number of ether oxygens (including phenoxy) is 1. The average molecular weight is 287 g/mol. The van der Waals surface area contributed by atoms with Crippen molar-refractivity contribution in [3.05, 3.63) is 42.2 Å². The minimum atomic E-state index is -0.478. The highest BCUT2D eigenvalue weighted by molar-refractivity contribution is 5.68. The first-order chi connectivity index (χ1) is 9.83. The zero-order valence-corrected chi connectivity index (χ0v) is 12.9. The number of hydrogen-bond acceptors (Lipinski definition) is 3. The second kappa shape index (κ2) is 5.99. The average Bonchev–Trinajstić information content (AvgIpc) is 2.82. The molecule has 1 aromatic heterocycles. The summed E-state index contributed by atoms with van der Waals surface area (Å²) in [6, 6.07) is 8.01. The minimum Gasteiger partial charge on any atom is -0.444 e. The van der Waals surface area contributed by atoms with Crippen molar-refractivity contribution in [1.29, 1.82) is 0 Å². The minimum absolute atomic E-state index is 0.404. The van der Waals surface area contributed by atoms with Crippen molar-refractivity contribution in [3.8, 4) is 11.1 Å². The van der Waals surface area contributed by atoms with Gasteiger partial charge in [-0.2, -0.15) is 5.10 Å². The molecule has 1 amide bonds. The summed E-state index contributed by atoms with van der Waals surface area (Å²) < 4.78 is 6.97. The number of carbonyl (C=O) groups is 1. The predicted octanol–water partition coefficient (Wildman–Crippen LogP) is 3.11. The van der Waals surface area contributed by atoms with E-state index in [4.69, 9.17) is 4.74 Å². The maximum Gasteiger partial charge on any atom is 0.407 e. The van der Waals surface area contributed by atoms with Crippen molar-refractivity contribution in [2.75, 3.05) is 0 Å². The van der Waals surface area contributed by atoms with Crippen LogP contribution in [0.4, 0.5) is 4.79 Å². The Kier molecular flexibility index (Phi) is 4.31. The maximum absolute atomic E-state index is 11.6. The number of nitrogens with zero attached hydrogens (tertiary/aromatic N) is 2. The number of aromatic nitrogens is 2. The number of hydrogen-bond donors (Lipinski definition) is 1. The van der Waals surface area contributed by atoms with Crippen LogP contribution >= 0.6 is 0 Å². The van der Waals surface area contributed by atoms with E-state index < -0.39 is 11.7 Å². The predicted molar refractivity (Wildman–Crippen MR) is 81.7 cm³/mol. The molecule has 2 rings (SSSR count). The van der Waals surface area contributed by atoms with Crippen LogP contribution in [0.5, 0.6) is 0 Å². The molecule has 1 N–H and O–H groups in total. The van der Waals surface area contributed by atoms with Gasteiger partial charge in [-0.05, 0) is 31.9 Å². The van der Waals surface area contributed by atoms with Crippen LogP contribution in [-0.2, 0) is 18.3 Å². The molecule has 1 heterocycles. The molecule has 0 atom stereocenters. The number of nitrogens with one attached hydrogen (secondary N) is 1. The largest absolute Gasteiger partial charge is 0.444 e. The van der Waals surface area contributed by atoms with Gasteiger partial charge >= 0.3 is 6.09 Å². The van der Waals surface area contributed by atoms with E-state index in [9.17, 15) is 4.79 Å². The van der Waals surface area contributed by atoms with Crippen molar-refractivity contribution >= 4 is 6.09 Å². The fourth-order valence-electron chi connectivity index (χ4n) is 1.87. The van der Waals surface area contributed by atoms with Gasteiger partial charge in [0, 0.05) is 25.4 Å². The first-order valence-electron chi connectivity index (χ1n) is 6.88. The van der Waals surface area contributed by atoms with Gasteiger partial charge in [0.1, 0.15) is 5.60 Å². The molecule has 0 aliphatic heterocycles. The number of benzene rings is 1. The van der Waals surface area contributed by atoms with Crippen LogP contribution in [0.2, 0.25) is 0 Å². The van der Waals surface area contributed by atoms with Crippen molar-refractivity contribution in [1.82, 2.24) is 15.1 Å². The molecule has 0 saturated carbocycles. The Bertz CT molecular complexity index is 609. The highest BCUT2D eigenvalue weighted by atomic mass is 16.6. The summed E-state index contributed by atoms with van der Waals surface area (Å²) in [5.41, 5.74) is 2.72. The molecule has 0 radical (unpaired) electrons. The molecule has 2 aromatic rings. The van der Waals surface area contributed by atoms with E-state index in [1.54, 1.807) is 4.68 Å². The summed E-state index contributed by atoms with van der Waals surface area (Å²) in [6.07, 6.45) is 3.39.